The van der Waals surface area contributed by atoms with Crippen LogP contribution < -0.4 is 5.32 Å². The summed E-state index contributed by atoms with van der Waals surface area (Å²) in [5, 5.41) is 2.68. The van der Waals surface area contributed by atoms with Gasteiger partial charge in [0.05, 0.1) is 0 Å². The number of rotatable bonds is 3. The lowest BCUT2D eigenvalue weighted by molar-refractivity contribution is 0.332. The van der Waals surface area contributed by atoms with Gasteiger partial charge in [-0.3, -0.25) is 0 Å². The first-order chi connectivity index (χ1) is 3.81. The number of terminal acetylenes is 1. The maximum atomic E-state index is 12.2. The largest absolute Gasteiger partial charge is 0.317 e. The minimum absolute atomic E-state index is 0.209. The minimum atomic E-state index is -0.884. The summed E-state index contributed by atoms with van der Waals surface area (Å²) in [6.07, 6.45) is 4.17. The van der Waals surface area contributed by atoms with Crippen molar-refractivity contribution in [3.05, 3.63) is 0 Å². The maximum Gasteiger partial charge on any atom is 0.123 e. The highest BCUT2D eigenvalue weighted by atomic mass is 19.1. The van der Waals surface area contributed by atoms with E-state index >= 15 is 0 Å². The standard InChI is InChI=1S/C6H10FN/c1-3-4-6(7)5-8-2/h1,6,8H,4-5H2,2H3/t6-/m0/s1. The first-order valence-electron chi connectivity index (χ1n) is 2.53. The van der Waals surface area contributed by atoms with Gasteiger partial charge in [0, 0.05) is 13.0 Å². The van der Waals surface area contributed by atoms with Crippen molar-refractivity contribution in [2.45, 2.75) is 12.6 Å². The van der Waals surface area contributed by atoms with E-state index in [1.165, 1.54) is 0 Å². The highest BCUT2D eigenvalue weighted by Crippen LogP contribution is 1.91. The topological polar surface area (TPSA) is 12.0 Å². The third-order valence-corrected chi connectivity index (χ3v) is 0.765. The average Bonchev–Trinajstić information content (AvgIpc) is 1.68. The van der Waals surface area contributed by atoms with E-state index in [4.69, 9.17) is 6.42 Å². The van der Waals surface area contributed by atoms with E-state index < -0.39 is 6.17 Å². The van der Waals surface area contributed by atoms with Gasteiger partial charge in [-0.2, -0.15) is 0 Å². The number of hydrogen-bond acceptors (Lipinski definition) is 1. The third-order valence-electron chi connectivity index (χ3n) is 0.765. The summed E-state index contributed by atoms with van der Waals surface area (Å²) in [6.45, 7) is 0.351. The van der Waals surface area contributed by atoms with Crippen LogP contribution in [0.3, 0.4) is 0 Å². The van der Waals surface area contributed by atoms with Crippen molar-refractivity contribution in [3.63, 3.8) is 0 Å². The molecule has 8 heavy (non-hydrogen) atoms. The molecule has 0 aromatic carbocycles. The monoisotopic (exact) mass is 115 g/mol. The van der Waals surface area contributed by atoms with Crippen LogP contribution in [-0.4, -0.2) is 19.8 Å². The minimum Gasteiger partial charge on any atom is -0.317 e. The van der Waals surface area contributed by atoms with Crippen molar-refractivity contribution >= 4 is 0 Å². The highest BCUT2D eigenvalue weighted by molar-refractivity contribution is 4.87. The van der Waals surface area contributed by atoms with Gasteiger partial charge < -0.3 is 5.32 Å². The van der Waals surface area contributed by atoms with E-state index in [1.54, 1.807) is 7.05 Å². The normalized spacial score (nSPS) is 12.6. The summed E-state index contributed by atoms with van der Waals surface area (Å²) < 4.78 is 12.2. The average molecular weight is 115 g/mol. The van der Waals surface area contributed by atoms with Gasteiger partial charge >= 0.3 is 0 Å². The van der Waals surface area contributed by atoms with E-state index in [2.05, 4.69) is 11.2 Å². The second kappa shape index (κ2) is 4.61. The van der Waals surface area contributed by atoms with Gasteiger partial charge in [0.1, 0.15) is 6.17 Å². The van der Waals surface area contributed by atoms with Crippen LogP contribution in [0.5, 0.6) is 0 Å². The van der Waals surface area contributed by atoms with Crippen LogP contribution in [0.2, 0.25) is 0 Å². The van der Waals surface area contributed by atoms with Crippen LogP contribution in [-0.2, 0) is 0 Å². The molecular formula is C6H10FN. The summed E-state index contributed by atoms with van der Waals surface area (Å²) in [7, 11) is 1.70. The van der Waals surface area contributed by atoms with Crippen molar-refractivity contribution in [1.82, 2.24) is 5.32 Å². The lowest BCUT2D eigenvalue weighted by Gasteiger charge is -1.99. The van der Waals surface area contributed by atoms with E-state index in [0.29, 0.717) is 6.54 Å². The molecule has 0 bridgehead atoms. The number of alkyl halides is 1. The zero-order chi connectivity index (χ0) is 6.41. The predicted octanol–water partition coefficient (Wildman–Crippen LogP) is 0.567. The third kappa shape index (κ3) is 3.63. The Kier molecular flexibility index (Phi) is 4.29. The van der Waals surface area contributed by atoms with E-state index in [1.807, 2.05) is 0 Å². The summed E-state index contributed by atoms with van der Waals surface area (Å²) in [5.74, 6) is 2.24. The lowest BCUT2D eigenvalue weighted by atomic mass is 10.3. The molecule has 1 atom stereocenters. The van der Waals surface area contributed by atoms with Crippen molar-refractivity contribution < 1.29 is 4.39 Å². The van der Waals surface area contributed by atoms with Gasteiger partial charge in [-0.15, -0.1) is 12.3 Å². The number of nitrogens with one attached hydrogen (secondary N) is 1. The molecule has 0 unspecified atom stereocenters. The smallest absolute Gasteiger partial charge is 0.123 e. The maximum absolute atomic E-state index is 12.2. The number of hydrogen-bond donors (Lipinski definition) is 1. The van der Waals surface area contributed by atoms with Gasteiger partial charge in [-0.05, 0) is 7.05 Å². The van der Waals surface area contributed by atoms with Crippen LogP contribution in [0.4, 0.5) is 4.39 Å². The molecule has 1 N–H and O–H groups in total. The van der Waals surface area contributed by atoms with Crippen LogP contribution in [0.15, 0.2) is 0 Å². The van der Waals surface area contributed by atoms with Crippen LogP contribution >= 0.6 is 0 Å². The second-order valence-corrected chi connectivity index (χ2v) is 1.56. The Hall–Kier alpha value is -0.550. The molecule has 0 amide bonds. The Morgan fingerprint density at radius 2 is 2.50 bits per heavy atom. The van der Waals surface area contributed by atoms with Crippen molar-refractivity contribution in [2.75, 3.05) is 13.6 Å². The molecule has 0 aliphatic rings. The van der Waals surface area contributed by atoms with Gasteiger partial charge in [-0.1, -0.05) is 0 Å². The Bertz CT molecular complexity index is 85.0. The predicted molar refractivity (Wildman–Crippen MR) is 32.3 cm³/mol. The molecule has 0 aromatic rings. The second-order valence-electron chi connectivity index (χ2n) is 1.56. The first kappa shape index (κ1) is 7.45. The van der Waals surface area contributed by atoms with E-state index in [-0.39, 0.29) is 6.42 Å². The molecule has 0 saturated carbocycles. The van der Waals surface area contributed by atoms with Crippen molar-refractivity contribution in [1.29, 1.82) is 0 Å². The van der Waals surface area contributed by atoms with Crippen LogP contribution in [0.25, 0.3) is 0 Å². The molecule has 0 aromatic heterocycles. The van der Waals surface area contributed by atoms with Crippen molar-refractivity contribution in [2.24, 2.45) is 0 Å². The summed E-state index contributed by atoms with van der Waals surface area (Å²) in [5.41, 5.74) is 0. The zero-order valence-electron chi connectivity index (χ0n) is 4.95. The molecule has 1 nitrogen and oxygen atoms in total. The fourth-order valence-corrected chi connectivity index (χ4v) is 0.422. The SMILES string of the molecule is C#CC[C@H](F)CNC. The van der Waals surface area contributed by atoms with Crippen molar-refractivity contribution in [3.8, 4) is 12.3 Å². The molecule has 0 saturated heterocycles. The fourth-order valence-electron chi connectivity index (χ4n) is 0.422. The molecule has 0 aliphatic carbocycles. The molecule has 0 radical (unpaired) electrons. The van der Waals surface area contributed by atoms with Crippen LogP contribution in [0.1, 0.15) is 6.42 Å². The highest BCUT2D eigenvalue weighted by Gasteiger charge is 1.99. The number of halogens is 1. The zero-order valence-corrected chi connectivity index (χ0v) is 4.95. The summed E-state index contributed by atoms with van der Waals surface area (Å²) in [4.78, 5) is 0. The summed E-state index contributed by atoms with van der Waals surface area (Å²) >= 11 is 0. The molecule has 0 fully saturated rings. The van der Waals surface area contributed by atoms with Gasteiger partial charge in [0.2, 0.25) is 0 Å². The molecule has 2 heteroatoms. The van der Waals surface area contributed by atoms with Gasteiger partial charge in [0.25, 0.3) is 0 Å². The Morgan fingerprint density at radius 3 is 2.88 bits per heavy atom. The fraction of sp³-hybridized carbons (Fsp3) is 0.667. The van der Waals surface area contributed by atoms with E-state index in [9.17, 15) is 4.39 Å². The summed E-state index contributed by atoms with van der Waals surface area (Å²) in [6, 6.07) is 0. The Labute approximate surface area is 49.3 Å². The molecule has 46 valence electrons. The quantitative estimate of drug-likeness (QED) is 0.530. The first-order valence-corrected chi connectivity index (χ1v) is 2.53. The van der Waals surface area contributed by atoms with Gasteiger partial charge in [0.15, 0.2) is 0 Å². The van der Waals surface area contributed by atoms with Gasteiger partial charge in [-0.25, -0.2) is 4.39 Å². The molecule has 0 spiro atoms. The Balaban J connectivity index is 3.08. The molecule has 0 heterocycles. The molecule has 0 rings (SSSR count). The Morgan fingerprint density at radius 1 is 1.88 bits per heavy atom. The molecule has 0 aliphatic heterocycles. The van der Waals surface area contributed by atoms with Crippen LogP contribution in [0, 0.1) is 12.3 Å². The molecular weight excluding hydrogens is 105 g/mol. The lowest BCUT2D eigenvalue weighted by Crippen LogP contribution is -2.18. The van der Waals surface area contributed by atoms with E-state index in [0.717, 1.165) is 0 Å².